The molecule has 3 amide bonds. The first-order valence-electron chi connectivity index (χ1n) is 11.2. The number of phenolic OH excluding ortho intramolecular Hbond substituents is 1. The van der Waals surface area contributed by atoms with Crippen molar-refractivity contribution in [2.45, 2.75) is 56.3 Å². The molecule has 36 heavy (non-hydrogen) atoms. The molecule has 0 heterocycles. The number of amides is 3. The Bertz CT molecular complexity index is 910. The second kappa shape index (κ2) is 15.3. The molecular formula is C22H33N5O9. The number of nitrogens with two attached hydrogens (primary N) is 2. The Labute approximate surface area is 207 Å². The molecular weight excluding hydrogens is 478 g/mol. The molecule has 0 bridgehead atoms. The number of aliphatic hydroxyl groups excluding tert-OH is 1. The summed E-state index contributed by atoms with van der Waals surface area (Å²) in [5, 5.41) is 43.4. The van der Waals surface area contributed by atoms with Crippen LogP contribution in [0.3, 0.4) is 0 Å². The largest absolute Gasteiger partial charge is 0.508 e. The molecule has 0 saturated carbocycles. The van der Waals surface area contributed by atoms with Crippen LogP contribution in [0.2, 0.25) is 0 Å². The van der Waals surface area contributed by atoms with Gasteiger partial charge in [-0.1, -0.05) is 12.1 Å². The highest BCUT2D eigenvalue weighted by atomic mass is 16.4. The van der Waals surface area contributed by atoms with E-state index in [4.69, 9.17) is 21.7 Å². The van der Waals surface area contributed by atoms with Crippen molar-refractivity contribution in [1.82, 2.24) is 16.0 Å². The lowest BCUT2D eigenvalue weighted by Crippen LogP contribution is -2.58. The molecule has 14 nitrogen and oxygen atoms in total. The van der Waals surface area contributed by atoms with Crippen molar-refractivity contribution in [2.24, 2.45) is 11.5 Å². The van der Waals surface area contributed by atoms with Crippen LogP contribution in [0, 0.1) is 0 Å². The fourth-order valence-electron chi connectivity index (χ4n) is 3.13. The van der Waals surface area contributed by atoms with Crippen LogP contribution in [0.1, 0.15) is 31.2 Å². The summed E-state index contributed by atoms with van der Waals surface area (Å²) in [4.78, 5) is 60.4. The number of aliphatic carboxylic acids is 2. The van der Waals surface area contributed by atoms with Gasteiger partial charge in [0.05, 0.1) is 19.1 Å². The molecule has 0 spiro atoms. The molecule has 1 aromatic rings. The first-order valence-corrected chi connectivity index (χ1v) is 11.2. The fraction of sp³-hybridized carbons (Fsp3) is 0.500. The van der Waals surface area contributed by atoms with Gasteiger partial charge in [-0.25, -0.2) is 4.79 Å². The number of rotatable bonds is 16. The van der Waals surface area contributed by atoms with Crippen LogP contribution >= 0.6 is 0 Å². The van der Waals surface area contributed by atoms with Crippen LogP contribution in [-0.2, 0) is 30.4 Å². The minimum atomic E-state index is -1.61. The third-order valence-electron chi connectivity index (χ3n) is 5.12. The molecule has 0 saturated heterocycles. The van der Waals surface area contributed by atoms with E-state index in [1.165, 1.54) is 12.1 Å². The van der Waals surface area contributed by atoms with Crippen LogP contribution in [0.15, 0.2) is 24.3 Å². The zero-order valence-electron chi connectivity index (χ0n) is 19.6. The summed E-state index contributed by atoms with van der Waals surface area (Å²) in [5.74, 6) is -5.60. The van der Waals surface area contributed by atoms with E-state index in [1.54, 1.807) is 12.1 Å². The number of nitrogens with one attached hydrogen (secondary N) is 3. The van der Waals surface area contributed by atoms with Gasteiger partial charge in [-0.05, 0) is 49.9 Å². The molecule has 0 radical (unpaired) electrons. The van der Waals surface area contributed by atoms with Crippen molar-refractivity contribution in [2.75, 3.05) is 13.2 Å². The predicted octanol–water partition coefficient (Wildman–Crippen LogP) is -2.60. The molecule has 14 heteroatoms. The number of aliphatic hydroxyl groups is 1. The zero-order valence-corrected chi connectivity index (χ0v) is 19.6. The Morgan fingerprint density at radius 3 is 1.92 bits per heavy atom. The van der Waals surface area contributed by atoms with E-state index in [1.807, 2.05) is 0 Å². The Balaban J connectivity index is 2.94. The lowest BCUT2D eigenvalue weighted by Gasteiger charge is -2.24. The number of carboxylic acid groups (broad SMARTS) is 2. The maximum absolute atomic E-state index is 12.8. The van der Waals surface area contributed by atoms with Gasteiger partial charge in [-0.2, -0.15) is 0 Å². The lowest BCUT2D eigenvalue weighted by atomic mass is 10.0. The van der Waals surface area contributed by atoms with Gasteiger partial charge in [0, 0.05) is 0 Å². The minimum absolute atomic E-state index is 0.0219. The molecule has 1 rings (SSSR count). The molecule has 0 aliphatic rings. The van der Waals surface area contributed by atoms with E-state index >= 15 is 0 Å². The van der Waals surface area contributed by atoms with Crippen LogP contribution in [0.5, 0.6) is 5.75 Å². The van der Waals surface area contributed by atoms with Crippen molar-refractivity contribution < 1.29 is 44.4 Å². The van der Waals surface area contributed by atoms with Crippen molar-refractivity contribution in [3.05, 3.63) is 29.8 Å². The van der Waals surface area contributed by atoms with Gasteiger partial charge in [-0.3, -0.25) is 19.2 Å². The molecule has 4 unspecified atom stereocenters. The Morgan fingerprint density at radius 1 is 0.833 bits per heavy atom. The number of carbonyl (C=O) groups excluding carboxylic acids is 3. The van der Waals surface area contributed by atoms with Crippen molar-refractivity contribution >= 4 is 29.7 Å². The van der Waals surface area contributed by atoms with Gasteiger partial charge in [0.1, 0.15) is 23.9 Å². The fourth-order valence-corrected chi connectivity index (χ4v) is 3.13. The molecule has 0 aromatic heterocycles. The van der Waals surface area contributed by atoms with E-state index in [0.29, 0.717) is 24.9 Å². The Kier molecular flexibility index (Phi) is 12.9. The average Bonchev–Trinajstić information content (AvgIpc) is 2.82. The molecule has 200 valence electrons. The highest BCUT2D eigenvalue weighted by Gasteiger charge is 2.31. The number of unbranched alkanes of at least 4 members (excludes halogenated alkanes) is 1. The number of phenols is 1. The SMILES string of the molecule is NCCCCC(NC(=O)C(CC(=O)O)NC(=O)C(N)Cc1ccc(O)cc1)C(=O)NC(CO)C(=O)O. The number of carboxylic acids is 2. The number of carbonyl (C=O) groups is 5. The van der Waals surface area contributed by atoms with Crippen molar-refractivity contribution in [1.29, 1.82) is 0 Å². The maximum Gasteiger partial charge on any atom is 0.328 e. The highest BCUT2D eigenvalue weighted by molar-refractivity contribution is 5.95. The molecule has 4 atom stereocenters. The van der Waals surface area contributed by atoms with E-state index in [2.05, 4.69) is 16.0 Å². The van der Waals surface area contributed by atoms with Crippen molar-refractivity contribution in [3.8, 4) is 5.75 Å². The van der Waals surface area contributed by atoms with Gasteiger partial charge in [-0.15, -0.1) is 0 Å². The average molecular weight is 512 g/mol. The van der Waals surface area contributed by atoms with Gasteiger partial charge < -0.3 is 47.8 Å². The van der Waals surface area contributed by atoms with E-state index in [0.717, 1.165) is 0 Å². The third-order valence-corrected chi connectivity index (χ3v) is 5.12. The van der Waals surface area contributed by atoms with Gasteiger partial charge in [0.2, 0.25) is 17.7 Å². The molecule has 0 aliphatic carbocycles. The van der Waals surface area contributed by atoms with Crippen LogP contribution in [0.4, 0.5) is 0 Å². The van der Waals surface area contributed by atoms with Gasteiger partial charge >= 0.3 is 11.9 Å². The number of hydrogen-bond acceptors (Lipinski definition) is 9. The standard InChI is InChI=1S/C22H33N5O9/c23-8-2-1-3-15(20(33)27-17(11-28)22(35)36)25-21(34)16(10-18(30)31)26-19(32)14(24)9-12-4-6-13(29)7-5-12/h4-7,14-17,28-29H,1-3,8-11,23-24H2,(H,25,34)(H,26,32)(H,27,33)(H,30,31)(H,35,36). The highest BCUT2D eigenvalue weighted by Crippen LogP contribution is 2.11. The van der Waals surface area contributed by atoms with Gasteiger partial charge in [0.25, 0.3) is 0 Å². The molecule has 11 N–H and O–H groups in total. The topological polar surface area (TPSA) is 254 Å². The number of aromatic hydroxyl groups is 1. The number of benzene rings is 1. The summed E-state index contributed by atoms with van der Waals surface area (Å²) in [6, 6.07) is 0.276. The summed E-state index contributed by atoms with van der Waals surface area (Å²) >= 11 is 0. The van der Waals surface area contributed by atoms with Gasteiger partial charge in [0.15, 0.2) is 0 Å². The van der Waals surface area contributed by atoms with E-state index < -0.39 is 66.9 Å². The van der Waals surface area contributed by atoms with Crippen LogP contribution in [0.25, 0.3) is 0 Å². The third kappa shape index (κ3) is 10.7. The normalized spacial score (nSPS) is 14.1. The number of hydrogen-bond donors (Lipinski definition) is 9. The first kappa shape index (κ1) is 30.3. The second-order valence-electron chi connectivity index (χ2n) is 8.06. The Morgan fingerprint density at radius 2 is 1.39 bits per heavy atom. The summed E-state index contributed by atoms with van der Waals surface area (Å²) in [6.45, 7) is -0.589. The smallest absolute Gasteiger partial charge is 0.328 e. The summed E-state index contributed by atoms with van der Waals surface area (Å²) < 4.78 is 0. The first-order chi connectivity index (χ1) is 17.0. The Hall–Kier alpha value is -3.75. The van der Waals surface area contributed by atoms with E-state index in [-0.39, 0.29) is 18.6 Å². The summed E-state index contributed by atoms with van der Waals surface area (Å²) in [7, 11) is 0. The maximum atomic E-state index is 12.8. The van der Waals surface area contributed by atoms with Crippen LogP contribution in [-0.4, -0.2) is 87.4 Å². The molecule has 1 aromatic carbocycles. The summed E-state index contributed by atoms with van der Waals surface area (Å²) in [6.07, 6.45) is 0.133. The minimum Gasteiger partial charge on any atom is -0.508 e. The second-order valence-corrected chi connectivity index (χ2v) is 8.06. The zero-order chi connectivity index (χ0) is 27.3. The van der Waals surface area contributed by atoms with Crippen LogP contribution < -0.4 is 27.4 Å². The monoisotopic (exact) mass is 511 g/mol. The predicted molar refractivity (Wildman–Crippen MR) is 125 cm³/mol. The van der Waals surface area contributed by atoms with Crippen molar-refractivity contribution in [3.63, 3.8) is 0 Å². The van der Waals surface area contributed by atoms with E-state index in [9.17, 15) is 34.2 Å². The molecule has 0 aliphatic heterocycles. The summed E-state index contributed by atoms with van der Waals surface area (Å²) in [5.41, 5.74) is 11.9. The molecule has 0 fully saturated rings. The quantitative estimate of drug-likeness (QED) is 0.104. The lowest BCUT2D eigenvalue weighted by molar-refractivity contribution is -0.144.